The van der Waals surface area contributed by atoms with E-state index < -0.39 is 19.7 Å². The molecule has 0 spiro atoms. The molecule has 0 radical (unpaired) electrons. The Morgan fingerprint density at radius 1 is 0.865 bits per heavy atom. The van der Waals surface area contributed by atoms with E-state index in [1.807, 2.05) is 6.07 Å². The molecule has 0 saturated heterocycles. The number of nitriles is 1. The number of halogens is 1. The molecule has 0 bridgehead atoms. The molecule has 0 aliphatic heterocycles. The maximum atomic E-state index is 13.6. The highest BCUT2D eigenvalue weighted by atomic mass is 31.2. The van der Waals surface area contributed by atoms with Crippen molar-refractivity contribution in [3.8, 4) is 6.07 Å². The summed E-state index contributed by atoms with van der Waals surface area (Å²) in [5.74, 6) is -0.551. The summed E-state index contributed by atoms with van der Waals surface area (Å²) in [5.41, 5.74) is 0.617. The normalized spacial score (nSPS) is 12.5. The predicted molar refractivity (Wildman–Crippen MR) is 143 cm³/mol. The summed E-state index contributed by atoms with van der Waals surface area (Å²) in [6, 6.07) is 5.75. The third-order valence-electron chi connectivity index (χ3n) is 6.20. The SMILES string of the molecule is CCCCCCCCCCCCCCCCCOCC(COP(=O)(O)O)OCc1cc(F)cc(C#N)c1. The van der Waals surface area contributed by atoms with Crippen LogP contribution in [0.4, 0.5) is 4.39 Å². The van der Waals surface area contributed by atoms with Crippen LogP contribution in [-0.4, -0.2) is 35.7 Å². The summed E-state index contributed by atoms with van der Waals surface area (Å²) in [6.07, 6.45) is 18.5. The van der Waals surface area contributed by atoms with Crippen molar-refractivity contribution in [1.29, 1.82) is 5.26 Å². The summed E-state index contributed by atoms with van der Waals surface area (Å²) in [4.78, 5) is 18.0. The summed E-state index contributed by atoms with van der Waals surface area (Å²) in [7, 11) is -4.65. The second-order valence-electron chi connectivity index (χ2n) is 9.70. The minimum Gasteiger partial charge on any atom is -0.379 e. The second-order valence-corrected chi connectivity index (χ2v) is 10.9. The zero-order chi connectivity index (χ0) is 27.2. The highest BCUT2D eigenvalue weighted by Gasteiger charge is 2.19. The van der Waals surface area contributed by atoms with Gasteiger partial charge < -0.3 is 19.3 Å². The van der Waals surface area contributed by atoms with Crippen molar-refractivity contribution in [1.82, 2.24) is 0 Å². The summed E-state index contributed by atoms with van der Waals surface area (Å²) in [6.45, 7) is 2.48. The van der Waals surface area contributed by atoms with Crippen LogP contribution in [0, 0.1) is 17.1 Å². The van der Waals surface area contributed by atoms with Gasteiger partial charge in [-0.2, -0.15) is 5.26 Å². The molecule has 2 N–H and O–H groups in total. The fourth-order valence-corrected chi connectivity index (χ4v) is 4.49. The number of unbranched alkanes of at least 4 members (excludes halogenated alkanes) is 14. The molecular weight excluding hydrogens is 496 g/mol. The number of benzene rings is 1. The molecule has 37 heavy (non-hydrogen) atoms. The first-order chi connectivity index (χ1) is 17.8. The average molecular weight is 544 g/mol. The number of phosphoric acid groups is 1. The van der Waals surface area contributed by atoms with Gasteiger partial charge in [-0.25, -0.2) is 8.96 Å². The molecule has 7 nitrogen and oxygen atoms in total. The van der Waals surface area contributed by atoms with E-state index in [4.69, 9.17) is 24.5 Å². The molecule has 1 aromatic rings. The number of hydrogen-bond donors (Lipinski definition) is 2. The average Bonchev–Trinajstić information content (AvgIpc) is 2.86. The van der Waals surface area contributed by atoms with Crippen molar-refractivity contribution in [3.05, 3.63) is 35.1 Å². The van der Waals surface area contributed by atoms with Crippen LogP contribution in [0.2, 0.25) is 0 Å². The largest absolute Gasteiger partial charge is 0.469 e. The zero-order valence-corrected chi connectivity index (χ0v) is 23.4. The van der Waals surface area contributed by atoms with Crippen molar-refractivity contribution in [2.75, 3.05) is 19.8 Å². The van der Waals surface area contributed by atoms with Gasteiger partial charge in [-0.05, 0) is 30.2 Å². The third-order valence-corrected chi connectivity index (χ3v) is 6.68. The van der Waals surface area contributed by atoms with E-state index in [0.717, 1.165) is 18.9 Å². The van der Waals surface area contributed by atoms with Crippen LogP contribution in [0.1, 0.15) is 114 Å². The van der Waals surface area contributed by atoms with Gasteiger partial charge in [0.2, 0.25) is 0 Å². The van der Waals surface area contributed by atoms with E-state index in [0.29, 0.717) is 12.2 Å². The van der Waals surface area contributed by atoms with Gasteiger partial charge in [-0.3, -0.25) is 4.52 Å². The van der Waals surface area contributed by atoms with Gasteiger partial charge in [0.05, 0.1) is 31.5 Å². The summed E-state index contributed by atoms with van der Waals surface area (Å²) >= 11 is 0. The van der Waals surface area contributed by atoms with Gasteiger partial charge in [0, 0.05) is 6.61 Å². The maximum absolute atomic E-state index is 13.6. The molecule has 0 aliphatic rings. The van der Waals surface area contributed by atoms with Crippen molar-refractivity contribution < 1.29 is 32.7 Å². The Morgan fingerprint density at radius 2 is 1.41 bits per heavy atom. The maximum Gasteiger partial charge on any atom is 0.469 e. The van der Waals surface area contributed by atoms with E-state index in [-0.39, 0.29) is 25.4 Å². The van der Waals surface area contributed by atoms with Crippen LogP contribution in [0.5, 0.6) is 0 Å². The minimum absolute atomic E-state index is 0.0378. The number of phosphoric ester groups is 1. The van der Waals surface area contributed by atoms with E-state index >= 15 is 0 Å². The van der Waals surface area contributed by atoms with Crippen molar-refractivity contribution >= 4 is 7.82 Å². The summed E-state index contributed by atoms with van der Waals surface area (Å²) in [5, 5.41) is 8.97. The van der Waals surface area contributed by atoms with Gasteiger partial charge in [-0.15, -0.1) is 0 Å². The Hall–Kier alpha value is -1.33. The van der Waals surface area contributed by atoms with Gasteiger partial charge in [-0.1, -0.05) is 96.8 Å². The van der Waals surface area contributed by atoms with Crippen LogP contribution in [0.25, 0.3) is 0 Å². The molecule has 0 aliphatic carbocycles. The van der Waals surface area contributed by atoms with E-state index in [1.165, 1.54) is 95.6 Å². The Labute approximate surface area is 222 Å². The second kappa shape index (κ2) is 21.6. The zero-order valence-electron chi connectivity index (χ0n) is 22.5. The molecule has 0 fully saturated rings. The molecule has 1 atom stereocenters. The quantitative estimate of drug-likeness (QED) is 0.102. The predicted octanol–water partition coefficient (Wildman–Crippen LogP) is 7.58. The first-order valence-corrected chi connectivity index (χ1v) is 15.5. The third kappa shape index (κ3) is 20.3. The topological polar surface area (TPSA) is 109 Å². The number of hydrogen-bond acceptors (Lipinski definition) is 5. The lowest BCUT2D eigenvalue weighted by atomic mass is 10.0. The lowest BCUT2D eigenvalue weighted by molar-refractivity contribution is -0.0493. The Morgan fingerprint density at radius 3 is 1.92 bits per heavy atom. The fourth-order valence-electron chi connectivity index (χ4n) is 4.13. The van der Waals surface area contributed by atoms with E-state index in [9.17, 15) is 8.96 Å². The molecule has 0 amide bonds. The first-order valence-electron chi connectivity index (χ1n) is 13.9. The number of ether oxygens (including phenoxy) is 2. The molecule has 1 aromatic carbocycles. The first kappa shape index (κ1) is 33.7. The van der Waals surface area contributed by atoms with Crippen LogP contribution in [0.15, 0.2) is 18.2 Å². The van der Waals surface area contributed by atoms with Crippen LogP contribution in [-0.2, 0) is 25.2 Å². The molecule has 0 heterocycles. The van der Waals surface area contributed by atoms with Crippen molar-refractivity contribution in [2.24, 2.45) is 0 Å². The van der Waals surface area contributed by atoms with Crippen LogP contribution < -0.4 is 0 Å². The Bertz CT molecular complexity index is 797. The summed E-state index contributed by atoms with van der Waals surface area (Å²) < 4.78 is 40.5. The lowest BCUT2D eigenvalue weighted by Crippen LogP contribution is -2.25. The highest BCUT2D eigenvalue weighted by molar-refractivity contribution is 7.46. The fraction of sp³-hybridized carbons (Fsp3) is 0.750. The standard InChI is InChI=1S/C28H47FNO6P/c1-2-3-4-5-6-7-8-9-10-11-12-13-14-15-16-17-34-23-28(24-36-37(31,32)33)35-22-26-18-25(21-30)19-27(29)20-26/h18-20,28H,2-17,22-24H2,1H3,(H2,31,32,33). The van der Waals surface area contributed by atoms with Gasteiger partial charge in [0.1, 0.15) is 11.9 Å². The minimum atomic E-state index is -4.65. The monoisotopic (exact) mass is 543 g/mol. The highest BCUT2D eigenvalue weighted by Crippen LogP contribution is 2.36. The molecule has 212 valence electrons. The van der Waals surface area contributed by atoms with Crippen molar-refractivity contribution in [2.45, 2.75) is 116 Å². The Kier molecular flexibility index (Phi) is 19.7. The molecule has 9 heteroatoms. The van der Waals surface area contributed by atoms with E-state index in [1.54, 1.807) is 0 Å². The molecule has 1 unspecified atom stereocenters. The molecule has 1 rings (SSSR count). The van der Waals surface area contributed by atoms with Gasteiger partial charge in [0.25, 0.3) is 0 Å². The number of nitrogens with zero attached hydrogens (tertiary/aromatic N) is 1. The van der Waals surface area contributed by atoms with Gasteiger partial charge >= 0.3 is 7.82 Å². The lowest BCUT2D eigenvalue weighted by Gasteiger charge is -2.19. The molecule has 0 saturated carbocycles. The van der Waals surface area contributed by atoms with Gasteiger partial charge in [0.15, 0.2) is 0 Å². The smallest absolute Gasteiger partial charge is 0.379 e. The van der Waals surface area contributed by atoms with Crippen LogP contribution >= 0.6 is 7.82 Å². The molecule has 0 aromatic heterocycles. The van der Waals surface area contributed by atoms with E-state index in [2.05, 4.69) is 11.4 Å². The molecular formula is C28H47FNO6P. The Balaban J connectivity index is 2.12. The van der Waals surface area contributed by atoms with Crippen LogP contribution in [0.3, 0.4) is 0 Å². The van der Waals surface area contributed by atoms with Crippen molar-refractivity contribution in [3.63, 3.8) is 0 Å². The number of rotatable bonds is 24.